The first-order valence-corrected chi connectivity index (χ1v) is 15.7. The predicted octanol–water partition coefficient (Wildman–Crippen LogP) is 8.33. The quantitative estimate of drug-likeness (QED) is 0.103. The fraction of sp³-hybridized carbons (Fsp3) is 0.0303. The Morgan fingerprint density at radius 3 is 2.30 bits per heavy atom. The molecular weight excluding hydrogens is 635 g/mol. The zero-order valence-corrected chi connectivity index (χ0v) is 26.0. The Kier molecular flexibility index (Phi) is 10.5. The van der Waals surface area contributed by atoms with Crippen LogP contribution in [0.3, 0.4) is 0 Å². The minimum absolute atomic E-state index is 0.0221. The smallest absolute Gasteiger partial charge is 0.272 e. The van der Waals surface area contributed by atoms with Crippen molar-refractivity contribution in [2.24, 2.45) is 0 Å². The first kappa shape index (κ1) is 31.0. The lowest BCUT2D eigenvalue weighted by Gasteiger charge is -2.17. The van der Waals surface area contributed by atoms with Gasteiger partial charge in [0.2, 0.25) is 5.91 Å². The van der Waals surface area contributed by atoms with Crippen LogP contribution in [-0.2, 0) is 9.59 Å². The standard InChI is InChI=1S/C33H24Cl2N4O3S2/c34-24-15-14-23(27(35)19-24)18-28(38-30(40)22-10-5-2-6-11-22)31(41)37-25-12-7-13-26(20-25)44-29(21-8-3-1-4-9-21)32(42)39-33-36-16-17-43-33/h1-20,29H,(H,37,41)(H,38,40)(H,36,39,42)/b28-18+. The Balaban J connectivity index is 1.39. The van der Waals surface area contributed by atoms with Crippen LogP contribution in [0.2, 0.25) is 10.0 Å². The summed E-state index contributed by atoms with van der Waals surface area (Å²) >= 11 is 15.1. The van der Waals surface area contributed by atoms with Gasteiger partial charge in [-0.3, -0.25) is 14.4 Å². The molecule has 1 unspecified atom stereocenters. The van der Waals surface area contributed by atoms with E-state index >= 15 is 0 Å². The molecule has 0 radical (unpaired) electrons. The number of anilines is 2. The van der Waals surface area contributed by atoms with Crippen molar-refractivity contribution < 1.29 is 14.4 Å². The fourth-order valence-corrected chi connectivity index (χ4v) is 6.13. The van der Waals surface area contributed by atoms with Gasteiger partial charge in [0.15, 0.2) is 5.13 Å². The second-order valence-electron chi connectivity index (χ2n) is 9.26. The van der Waals surface area contributed by atoms with Crippen LogP contribution in [0.4, 0.5) is 10.8 Å². The van der Waals surface area contributed by atoms with Crippen molar-refractivity contribution in [3.63, 3.8) is 0 Å². The highest BCUT2D eigenvalue weighted by Gasteiger charge is 2.23. The average Bonchev–Trinajstić information content (AvgIpc) is 3.54. The number of halogens is 2. The van der Waals surface area contributed by atoms with Gasteiger partial charge in [-0.25, -0.2) is 4.98 Å². The Morgan fingerprint density at radius 2 is 1.59 bits per heavy atom. The maximum Gasteiger partial charge on any atom is 0.272 e. The minimum atomic E-state index is -0.585. The predicted molar refractivity (Wildman–Crippen MR) is 179 cm³/mol. The summed E-state index contributed by atoms with van der Waals surface area (Å²) in [5, 5.41) is 10.9. The number of carbonyl (C=O) groups is 3. The lowest BCUT2D eigenvalue weighted by Crippen LogP contribution is -2.30. The van der Waals surface area contributed by atoms with Gasteiger partial charge in [-0.15, -0.1) is 23.1 Å². The van der Waals surface area contributed by atoms with Crippen LogP contribution in [0.15, 0.2) is 125 Å². The van der Waals surface area contributed by atoms with Gasteiger partial charge in [-0.05, 0) is 59.7 Å². The largest absolute Gasteiger partial charge is 0.321 e. The van der Waals surface area contributed by atoms with E-state index in [9.17, 15) is 14.4 Å². The number of nitrogens with one attached hydrogen (secondary N) is 3. The number of hydrogen-bond donors (Lipinski definition) is 3. The van der Waals surface area contributed by atoms with Crippen molar-refractivity contribution in [1.29, 1.82) is 0 Å². The average molecular weight is 660 g/mol. The maximum atomic E-state index is 13.6. The number of rotatable bonds is 10. The molecule has 220 valence electrons. The molecule has 4 aromatic carbocycles. The van der Waals surface area contributed by atoms with E-state index in [0.717, 1.165) is 10.5 Å². The van der Waals surface area contributed by atoms with Gasteiger partial charge in [-0.2, -0.15) is 0 Å². The van der Waals surface area contributed by atoms with Crippen molar-refractivity contribution in [2.45, 2.75) is 10.1 Å². The molecule has 3 amide bonds. The second kappa shape index (κ2) is 14.9. The van der Waals surface area contributed by atoms with Crippen molar-refractivity contribution in [2.75, 3.05) is 10.6 Å². The molecule has 11 heteroatoms. The SMILES string of the molecule is O=C(Nc1cccc(SC(C(=O)Nc2nccs2)c2ccccc2)c1)/C(=C\c1ccc(Cl)cc1Cl)NC(=O)c1ccccc1. The van der Waals surface area contributed by atoms with Crippen LogP contribution in [0.25, 0.3) is 6.08 Å². The Hall–Kier alpha value is -4.41. The second-order valence-corrected chi connectivity index (χ2v) is 12.2. The third-order valence-corrected chi connectivity index (χ3v) is 8.64. The maximum absolute atomic E-state index is 13.6. The number of nitrogens with zero attached hydrogens (tertiary/aromatic N) is 1. The molecule has 3 N–H and O–H groups in total. The third kappa shape index (κ3) is 8.36. The summed E-state index contributed by atoms with van der Waals surface area (Å²) < 4.78 is 0. The molecule has 0 fully saturated rings. The summed E-state index contributed by atoms with van der Waals surface area (Å²) in [4.78, 5) is 44.8. The van der Waals surface area contributed by atoms with Crippen molar-refractivity contribution >= 4 is 80.9 Å². The van der Waals surface area contributed by atoms with Crippen molar-refractivity contribution in [3.05, 3.63) is 147 Å². The molecule has 0 aliphatic carbocycles. The fourth-order valence-electron chi connectivity index (χ4n) is 4.06. The zero-order valence-electron chi connectivity index (χ0n) is 22.9. The van der Waals surface area contributed by atoms with Gasteiger partial charge in [-0.1, -0.05) is 83.9 Å². The molecule has 0 aliphatic heterocycles. The highest BCUT2D eigenvalue weighted by Crippen LogP contribution is 2.37. The molecule has 0 bridgehead atoms. The molecule has 7 nitrogen and oxygen atoms in total. The molecular formula is C33H24Cl2N4O3S2. The molecule has 44 heavy (non-hydrogen) atoms. The van der Waals surface area contributed by atoms with E-state index < -0.39 is 17.1 Å². The molecule has 5 aromatic rings. The summed E-state index contributed by atoms with van der Waals surface area (Å²) in [5.41, 5.74) is 2.14. The van der Waals surface area contributed by atoms with E-state index in [1.54, 1.807) is 78.3 Å². The lowest BCUT2D eigenvalue weighted by molar-refractivity contribution is -0.116. The summed E-state index contributed by atoms with van der Waals surface area (Å²) in [6, 6.07) is 29.9. The monoisotopic (exact) mass is 658 g/mol. The highest BCUT2D eigenvalue weighted by molar-refractivity contribution is 8.00. The van der Waals surface area contributed by atoms with Crippen LogP contribution < -0.4 is 16.0 Å². The van der Waals surface area contributed by atoms with Crippen LogP contribution in [-0.4, -0.2) is 22.7 Å². The number of benzene rings is 4. The number of aromatic nitrogens is 1. The molecule has 0 aliphatic rings. The Bertz CT molecular complexity index is 1800. The van der Waals surface area contributed by atoms with Crippen LogP contribution in [0, 0.1) is 0 Å². The number of carbonyl (C=O) groups excluding carboxylic acids is 3. The topological polar surface area (TPSA) is 100 Å². The molecule has 1 heterocycles. The highest BCUT2D eigenvalue weighted by atomic mass is 35.5. The number of thiazole rings is 1. The van der Waals surface area contributed by atoms with E-state index in [1.807, 2.05) is 36.4 Å². The van der Waals surface area contributed by atoms with Gasteiger partial charge in [0.05, 0.1) is 0 Å². The van der Waals surface area contributed by atoms with Crippen LogP contribution in [0.1, 0.15) is 26.7 Å². The Morgan fingerprint density at radius 1 is 0.841 bits per heavy atom. The zero-order chi connectivity index (χ0) is 30.9. The summed E-state index contributed by atoms with van der Waals surface area (Å²) in [5.74, 6) is -1.25. The minimum Gasteiger partial charge on any atom is -0.321 e. The van der Waals surface area contributed by atoms with Crippen molar-refractivity contribution in [3.8, 4) is 0 Å². The summed E-state index contributed by atoms with van der Waals surface area (Å²) in [6.07, 6.45) is 3.12. The van der Waals surface area contributed by atoms with Crippen molar-refractivity contribution in [1.82, 2.24) is 10.3 Å². The summed E-state index contributed by atoms with van der Waals surface area (Å²) in [7, 11) is 0. The lowest BCUT2D eigenvalue weighted by atomic mass is 10.1. The molecule has 0 saturated heterocycles. The first-order valence-electron chi connectivity index (χ1n) is 13.2. The van der Waals surface area contributed by atoms with Gasteiger partial charge >= 0.3 is 0 Å². The van der Waals surface area contributed by atoms with Crippen LogP contribution in [0.5, 0.6) is 0 Å². The third-order valence-electron chi connectivity index (χ3n) is 6.14. The van der Waals surface area contributed by atoms with Gasteiger partial charge in [0.25, 0.3) is 11.8 Å². The molecule has 1 atom stereocenters. The normalized spacial score (nSPS) is 11.8. The first-order chi connectivity index (χ1) is 21.4. The molecule has 5 rings (SSSR count). The van der Waals surface area contributed by atoms with E-state index in [-0.39, 0.29) is 11.6 Å². The van der Waals surface area contributed by atoms with E-state index in [2.05, 4.69) is 20.9 Å². The molecule has 1 aromatic heterocycles. The summed E-state index contributed by atoms with van der Waals surface area (Å²) in [6.45, 7) is 0. The molecule has 0 spiro atoms. The number of thioether (sulfide) groups is 1. The Labute approximate surface area is 272 Å². The van der Waals surface area contributed by atoms with Gasteiger partial charge in [0, 0.05) is 37.8 Å². The number of amides is 3. The van der Waals surface area contributed by atoms with E-state index in [1.165, 1.54) is 29.2 Å². The van der Waals surface area contributed by atoms with Gasteiger partial charge in [0.1, 0.15) is 10.9 Å². The van der Waals surface area contributed by atoms with E-state index in [4.69, 9.17) is 23.2 Å². The van der Waals surface area contributed by atoms with Gasteiger partial charge < -0.3 is 16.0 Å². The molecule has 0 saturated carbocycles. The van der Waals surface area contributed by atoms with Crippen LogP contribution >= 0.6 is 46.3 Å². The number of hydrogen-bond acceptors (Lipinski definition) is 6. The van der Waals surface area contributed by atoms with E-state index in [0.29, 0.717) is 32.0 Å².